The minimum absolute atomic E-state index is 0.0992. The summed E-state index contributed by atoms with van der Waals surface area (Å²) in [5.41, 5.74) is 5.45. The first kappa shape index (κ1) is 14.5. The molecule has 0 aromatic heterocycles. The van der Waals surface area contributed by atoms with Crippen LogP contribution >= 0.6 is 11.6 Å². The molecule has 108 valence electrons. The lowest BCUT2D eigenvalue weighted by Crippen LogP contribution is -2.42. The van der Waals surface area contributed by atoms with Crippen LogP contribution in [-0.2, 0) is 4.79 Å². The van der Waals surface area contributed by atoms with Crippen LogP contribution in [0, 0.1) is 0 Å². The molecule has 0 aliphatic carbocycles. The van der Waals surface area contributed by atoms with Crippen LogP contribution in [0.2, 0.25) is 5.02 Å². The van der Waals surface area contributed by atoms with Crippen LogP contribution in [0.25, 0.3) is 0 Å². The van der Waals surface area contributed by atoms with Gasteiger partial charge in [0, 0.05) is 18.7 Å². The summed E-state index contributed by atoms with van der Waals surface area (Å²) in [6.45, 7) is 1.19. The second kappa shape index (κ2) is 6.00. The quantitative estimate of drug-likeness (QED) is 0.881. The molecule has 0 unspecified atom stereocenters. The molecular formula is C13H15ClN2O4. The molecule has 2 amide bonds. The number of carbonyl (C=O) groups is 2. The first-order valence-corrected chi connectivity index (χ1v) is 6.48. The fourth-order valence-corrected chi connectivity index (χ4v) is 2.09. The van der Waals surface area contributed by atoms with E-state index < -0.39 is 5.91 Å². The molecule has 1 fully saturated rings. The number of nitrogens with zero attached hydrogens (tertiary/aromatic N) is 1. The minimum atomic E-state index is -0.621. The Morgan fingerprint density at radius 3 is 2.60 bits per heavy atom. The summed E-state index contributed by atoms with van der Waals surface area (Å²) < 4.78 is 10.3. The Bertz CT molecular complexity index is 543. The second-order valence-electron chi connectivity index (χ2n) is 4.39. The van der Waals surface area contributed by atoms with E-state index in [-0.39, 0.29) is 23.3 Å². The standard InChI is InChI=1S/C13H15ClN2O4/c1-19-10-6-8(13(18)16-3-2-4-16)5-9(14)12(10)20-7-11(15)17/h5-6H,2-4,7H2,1H3,(H2,15,17). The Hall–Kier alpha value is -1.95. The van der Waals surface area contributed by atoms with E-state index in [1.165, 1.54) is 13.2 Å². The van der Waals surface area contributed by atoms with Gasteiger partial charge in [-0.15, -0.1) is 0 Å². The Labute approximate surface area is 121 Å². The fraction of sp³-hybridized carbons (Fsp3) is 0.385. The van der Waals surface area contributed by atoms with E-state index in [0.717, 1.165) is 19.5 Å². The summed E-state index contributed by atoms with van der Waals surface area (Å²) in [7, 11) is 1.43. The zero-order valence-corrected chi connectivity index (χ0v) is 11.8. The highest BCUT2D eigenvalue weighted by molar-refractivity contribution is 6.32. The molecule has 1 aromatic rings. The summed E-state index contributed by atoms with van der Waals surface area (Å²) in [6.07, 6.45) is 1.01. The Morgan fingerprint density at radius 2 is 2.10 bits per heavy atom. The highest BCUT2D eigenvalue weighted by Gasteiger charge is 2.24. The van der Waals surface area contributed by atoms with Gasteiger partial charge in [0.1, 0.15) is 0 Å². The summed E-state index contributed by atoms with van der Waals surface area (Å²) in [5.74, 6) is -0.225. The van der Waals surface area contributed by atoms with E-state index in [9.17, 15) is 9.59 Å². The molecule has 20 heavy (non-hydrogen) atoms. The van der Waals surface area contributed by atoms with Crippen molar-refractivity contribution in [1.29, 1.82) is 0 Å². The van der Waals surface area contributed by atoms with Crippen LogP contribution in [0.15, 0.2) is 12.1 Å². The topological polar surface area (TPSA) is 81.9 Å². The van der Waals surface area contributed by atoms with Gasteiger partial charge in [0.25, 0.3) is 11.8 Å². The van der Waals surface area contributed by atoms with Gasteiger partial charge in [0.05, 0.1) is 12.1 Å². The molecule has 2 N–H and O–H groups in total. The van der Waals surface area contributed by atoms with Crippen LogP contribution in [0.5, 0.6) is 11.5 Å². The lowest BCUT2D eigenvalue weighted by Gasteiger charge is -2.31. The second-order valence-corrected chi connectivity index (χ2v) is 4.80. The highest BCUT2D eigenvalue weighted by Crippen LogP contribution is 2.36. The number of carbonyl (C=O) groups excluding carboxylic acids is 2. The normalized spacial score (nSPS) is 13.6. The van der Waals surface area contributed by atoms with Crippen molar-refractivity contribution in [2.24, 2.45) is 5.73 Å². The number of likely N-dealkylation sites (tertiary alicyclic amines) is 1. The zero-order valence-electron chi connectivity index (χ0n) is 11.0. The molecule has 0 spiro atoms. The number of methoxy groups -OCH3 is 1. The van der Waals surface area contributed by atoms with E-state index in [0.29, 0.717) is 11.3 Å². The average Bonchev–Trinajstić information content (AvgIpc) is 2.33. The number of ether oxygens (including phenoxy) is 2. The first-order valence-electron chi connectivity index (χ1n) is 6.11. The molecule has 1 aromatic carbocycles. The monoisotopic (exact) mass is 298 g/mol. The van der Waals surface area contributed by atoms with Gasteiger partial charge >= 0.3 is 0 Å². The smallest absolute Gasteiger partial charge is 0.255 e. The molecule has 1 aliphatic rings. The van der Waals surface area contributed by atoms with Crippen molar-refractivity contribution >= 4 is 23.4 Å². The van der Waals surface area contributed by atoms with Crippen LogP contribution < -0.4 is 15.2 Å². The third-order valence-corrected chi connectivity index (χ3v) is 3.26. The summed E-state index contributed by atoms with van der Waals surface area (Å²) in [4.78, 5) is 24.6. The molecule has 0 bridgehead atoms. The van der Waals surface area contributed by atoms with Gasteiger partial charge in [0.2, 0.25) is 0 Å². The van der Waals surface area contributed by atoms with Gasteiger partial charge < -0.3 is 20.1 Å². The maximum absolute atomic E-state index is 12.1. The SMILES string of the molecule is COc1cc(C(=O)N2CCC2)cc(Cl)c1OCC(N)=O. The third kappa shape index (κ3) is 2.96. The lowest BCUT2D eigenvalue weighted by atomic mass is 10.1. The van der Waals surface area contributed by atoms with Gasteiger partial charge in [0.15, 0.2) is 18.1 Å². The van der Waals surface area contributed by atoms with Gasteiger partial charge in [-0.3, -0.25) is 9.59 Å². The Kier molecular flexibility index (Phi) is 4.34. The molecule has 0 saturated carbocycles. The predicted molar refractivity (Wildman–Crippen MR) is 73.2 cm³/mol. The molecule has 6 nitrogen and oxygen atoms in total. The van der Waals surface area contributed by atoms with Gasteiger partial charge in [-0.25, -0.2) is 0 Å². The van der Waals surface area contributed by atoms with Crippen LogP contribution in [0.3, 0.4) is 0 Å². The van der Waals surface area contributed by atoms with Gasteiger partial charge in [-0.2, -0.15) is 0 Å². The molecular weight excluding hydrogens is 284 g/mol. The molecule has 1 aliphatic heterocycles. The largest absolute Gasteiger partial charge is 0.493 e. The van der Waals surface area contributed by atoms with Gasteiger partial charge in [-0.05, 0) is 18.6 Å². The van der Waals surface area contributed by atoms with Crippen molar-refractivity contribution in [3.05, 3.63) is 22.7 Å². The molecule has 1 saturated heterocycles. The van der Waals surface area contributed by atoms with Crippen molar-refractivity contribution in [1.82, 2.24) is 4.90 Å². The van der Waals surface area contributed by atoms with Crippen molar-refractivity contribution in [3.8, 4) is 11.5 Å². The van der Waals surface area contributed by atoms with E-state index in [1.807, 2.05) is 0 Å². The van der Waals surface area contributed by atoms with E-state index >= 15 is 0 Å². The summed E-state index contributed by atoms with van der Waals surface area (Å²) in [5, 5.41) is 0.203. The summed E-state index contributed by atoms with van der Waals surface area (Å²) >= 11 is 6.08. The van der Waals surface area contributed by atoms with Crippen molar-refractivity contribution < 1.29 is 19.1 Å². The van der Waals surface area contributed by atoms with Crippen molar-refractivity contribution in [3.63, 3.8) is 0 Å². The number of hydrogen-bond acceptors (Lipinski definition) is 4. The van der Waals surface area contributed by atoms with Gasteiger partial charge in [-0.1, -0.05) is 11.6 Å². The fourth-order valence-electron chi connectivity index (χ4n) is 1.83. The maximum atomic E-state index is 12.1. The number of halogens is 1. The Morgan fingerprint density at radius 1 is 1.40 bits per heavy atom. The molecule has 1 heterocycles. The van der Waals surface area contributed by atoms with Crippen LogP contribution in [-0.4, -0.2) is 43.5 Å². The highest BCUT2D eigenvalue weighted by atomic mass is 35.5. The van der Waals surface area contributed by atoms with E-state index in [1.54, 1.807) is 11.0 Å². The minimum Gasteiger partial charge on any atom is -0.493 e. The maximum Gasteiger partial charge on any atom is 0.255 e. The number of primary amides is 1. The molecule has 0 atom stereocenters. The molecule has 7 heteroatoms. The molecule has 0 radical (unpaired) electrons. The first-order chi connectivity index (χ1) is 9.52. The Balaban J connectivity index is 2.26. The van der Waals surface area contributed by atoms with Crippen LogP contribution in [0.4, 0.5) is 0 Å². The predicted octanol–water partition coefficient (Wildman–Crippen LogP) is 1.06. The molecule has 2 rings (SSSR count). The van der Waals surface area contributed by atoms with Crippen molar-refractivity contribution in [2.45, 2.75) is 6.42 Å². The van der Waals surface area contributed by atoms with Crippen LogP contribution in [0.1, 0.15) is 16.8 Å². The van der Waals surface area contributed by atoms with E-state index in [2.05, 4.69) is 0 Å². The summed E-state index contributed by atoms with van der Waals surface area (Å²) in [6, 6.07) is 3.05. The number of hydrogen-bond donors (Lipinski definition) is 1. The number of amides is 2. The average molecular weight is 299 g/mol. The number of rotatable bonds is 5. The van der Waals surface area contributed by atoms with E-state index in [4.69, 9.17) is 26.8 Å². The lowest BCUT2D eigenvalue weighted by molar-refractivity contribution is -0.119. The zero-order chi connectivity index (χ0) is 14.7. The number of benzene rings is 1. The van der Waals surface area contributed by atoms with Crippen molar-refractivity contribution in [2.75, 3.05) is 26.8 Å². The number of nitrogens with two attached hydrogens (primary N) is 1. The third-order valence-electron chi connectivity index (χ3n) is 2.98.